The number of rotatable bonds is 3. The van der Waals surface area contributed by atoms with E-state index in [-0.39, 0.29) is 11.8 Å². The van der Waals surface area contributed by atoms with Crippen LogP contribution in [0.1, 0.15) is 24.4 Å². The maximum absolute atomic E-state index is 12.9. The number of carbonyl (C=O) groups excluding carboxylic acids is 1. The Kier molecular flexibility index (Phi) is 4.54. The van der Waals surface area contributed by atoms with Gasteiger partial charge in [0.15, 0.2) is 5.65 Å². The molecule has 1 N–H and O–H groups in total. The Labute approximate surface area is 174 Å². The molecule has 1 amide bonds. The second kappa shape index (κ2) is 7.37. The molecule has 1 saturated heterocycles. The highest BCUT2D eigenvalue weighted by atomic mass is 16.2. The lowest BCUT2D eigenvalue weighted by Gasteiger charge is -2.32. The van der Waals surface area contributed by atoms with Crippen LogP contribution in [0.3, 0.4) is 0 Å². The molecule has 3 aromatic heterocycles. The molecule has 4 heterocycles. The smallest absolute Gasteiger partial charge is 0.230 e. The largest absolute Gasteiger partial charge is 0.340 e. The Balaban J connectivity index is 1.45. The van der Waals surface area contributed by atoms with Crippen LogP contribution in [-0.4, -0.2) is 43.6 Å². The van der Waals surface area contributed by atoms with Crippen molar-refractivity contribution in [2.24, 2.45) is 5.92 Å². The van der Waals surface area contributed by atoms with Gasteiger partial charge >= 0.3 is 0 Å². The normalized spacial score (nSPS) is 16.9. The standard InChI is InChI=1S/C22H23N7O/c1-14-7-5-11-19(23-14)26-21(30)16-8-6-12-28(13-16)22-25-18-10-4-3-9-17(18)20-24-15(2)27-29(20)22/h3-5,7,9-11,16H,6,8,12-13H2,1-2H3,(H,23,26,30). The van der Waals surface area contributed by atoms with Crippen LogP contribution in [0.2, 0.25) is 0 Å². The molecular formula is C22H23N7O. The SMILES string of the molecule is Cc1cccc(NC(=O)C2CCCN(c3nc4ccccc4c4nc(C)nn34)C2)n1. The number of amides is 1. The molecule has 8 nitrogen and oxygen atoms in total. The van der Waals surface area contributed by atoms with E-state index < -0.39 is 0 Å². The second-order valence-electron chi connectivity index (χ2n) is 7.76. The van der Waals surface area contributed by atoms with Crippen molar-refractivity contribution in [2.45, 2.75) is 26.7 Å². The highest BCUT2D eigenvalue weighted by Gasteiger charge is 2.29. The van der Waals surface area contributed by atoms with Gasteiger partial charge in [-0.3, -0.25) is 4.79 Å². The first-order valence-corrected chi connectivity index (χ1v) is 10.2. The number of hydrogen-bond donors (Lipinski definition) is 1. The van der Waals surface area contributed by atoms with Crippen molar-refractivity contribution in [3.8, 4) is 0 Å². The summed E-state index contributed by atoms with van der Waals surface area (Å²) in [6, 6.07) is 13.6. The van der Waals surface area contributed by atoms with E-state index in [4.69, 9.17) is 4.98 Å². The van der Waals surface area contributed by atoms with Crippen molar-refractivity contribution < 1.29 is 4.79 Å². The van der Waals surface area contributed by atoms with Crippen LogP contribution in [0.25, 0.3) is 16.6 Å². The van der Waals surface area contributed by atoms with Gasteiger partial charge in [0.05, 0.1) is 11.4 Å². The number of aryl methyl sites for hydroxylation is 2. The molecular weight excluding hydrogens is 378 g/mol. The van der Waals surface area contributed by atoms with E-state index in [1.165, 1.54) is 0 Å². The summed E-state index contributed by atoms with van der Waals surface area (Å²) in [6.07, 6.45) is 1.74. The summed E-state index contributed by atoms with van der Waals surface area (Å²) in [4.78, 5) is 28.9. The summed E-state index contributed by atoms with van der Waals surface area (Å²) < 4.78 is 1.81. The number of aromatic nitrogens is 5. The molecule has 0 aliphatic carbocycles. The number of fused-ring (bicyclic) bond motifs is 3. The minimum absolute atomic E-state index is 0.00963. The van der Waals surface area contributed by atoms with Gasteiger partial charge in [0.1, 0.15) is 11.6 Å². The van der Waals surface area contributed by atoms with E-state index in [0.29, 0.717) is 18.2 Å². The zero-order valence-electron chi connectivity index (χ0n) is 17.0. The average molecular weight is 401 g/mol. The quantitative estimate of drug-likeness (QED) is 0.567. The third-order valence-corrected chi connectivity index (χ3v) is 5.48. The lowest BCUT2D eigenvalue weighted by atomic mass is 9.97. The Hall–Kier alpha value is -3.55. The van der Waals surface area contributed by atoms with Gasteiger partial charge in [-0.1, -0.05) is 18.2 Å². The number of hydrogen-bond acceptors (Lipinski definition) is 6. The fraction of sp³-hybridized carbons (Fsp3) is 0.318. The maximum Gasteiger partial charge on any atom is 0.230 e. The predicted molar refractivity (Wildman–Crippen MR) is 116 cm³/mol. The highest BCUT2D eigenvalue weighted by Crippen LogP contribution is 2.27. The molecule has 1 unspecified atom stereocenters. The summed E-state index contributed by atoms with van der Waals surface area (Å²) >= 11 is 0. The van der Waals surface area contributed by atoms with Crippen LogP contribution in [-0.2, 0) is 4.79 Å². The van der Waals surface area contributed by atoms with E-state index in [2.05, 4.69) is 25.3 Å². The van der Waals surface area contributed by atoms with Crippen LogP contribution < -0.4 is 10.2 Å². The monoisotopic (exact) mass is 401 g/mol. The number of anilines is 2. The molecule has 1 aliphatic heterocycles. The zero-order chi connectivity index (χ0) is 20.7. The van der Waals surface area contributed by atoms with Crippen LogP contribution in [0, 0.1) is 19.8 Å². The molecule has 1 fully saturated rings. The third kappa shape index (κ3) is 3.34. The fourth-order valence-electron chi connectivity index (χ4n) is 4.06. The minimum Gasteiger partial charge on any atom is -0.340 e. The van der Waals surface area contributed by atoms with Crippen molar-refractivity contribution in [3.05, 3.63) is 54.0 Å². The van der Waals surface area contributed by atoms with E-state index in [0.717, 1.165) is 47.6 Å². The molecule has 1 aromatic carbocycles. The summed E-state index contributed by atoms with van der Waals surface area (Å²) in [5, 5.41) is 8.51. The molecule has 0 spiro atoms. The maximum atomic E-state index is 12.9. The van der Waals surface area contributed by atoms with Crippen LogP contribution in [0.5, 0.6) is 0 Å². The van der Waals surface area contributed by atoms with Crippen LogP contribution in [0.15, 0.2) is 42.5 Å². The number of piperidine rings is 1. The summed E-state index contributed by atoms with van der Waals surface area (Å²) in [5.41, 5.74) is 2.55. The van der Waals surface area contributed by atoms with Gasteiger partial charge in [0.25, 0.3) is 0 Å². The number of benzene rings is 1. The Morgan fingerprint density at radius 3 is 2.80 bits per heavy atom. The predicted octanol–water partition coefficient (Wildman–Crippen LogP) is 3.14. The Bertz CT molecular complexity index is 1250. The van der Waals surface area contributed by atoms with E-state index >= 15 is 0 Å². The number of nitrogens with one attached hydrogen (secondary N) is 1. The summed E-state index contributed by atoms with van der Waals surface area (Å²) in [6.45, 7) is 5.20. The van der Waals surface area contributed by atoms with Crippen LogP contribution >= 0.6 is 0 Å². The third-order valence-electron chi connectivity index (χ3n) is 5.48. The number of carbonyl (C=O) groups is 1. The topological polar surface area (TPSA) is 88.3 Å². The van der Waals surface area contributed by atoms with E-state index in [9.17, 15) is 4.79 Å². The molecule has 30 heavy (non-hydrogen) atoms. The zero-order valence-corrected chi connectivity index (χ0v) is 17.0. The number of para-hydroxylation sites is 1. The molecule has 1 atom stereocenters. The van der Waals surface area contributed by atoms with Crippen molar-refractivity contribution >= 4 is 34.2 Å². The molecule has 152 valence electrons. The first kappa shape index (κ1) is 18.5. The van der Waals surface area contributed by atoms with Gasteiger partial charge in [0.2, 0.25) is 11.9 Å². The highest BCUT2D eigenvalue weighted by molar-refractivity contribution is 5.93. The Morgan fingerprint density at radius 2 is 1.93 bits per heavy atom. The first-order valence-electron chi connectivity index (χ1n) is 10.2. The first-order chi connectivity index (χ1) is 14.6. The lowest BCUT2D eigenvalue weighted by molar-refractivity contribution is -0.120. The summed E-state index contributed by atoms with van der Waals surface area (Å²) in [7, 11) is 0. The van der Waals surface area contributed by atoms with Gasteiger partial charge < -0.3 is 10.2 Å². The fourth-order valence-corrected chi connectivity index (χ4v) is 4.06. The molecule has 0 radical (unpaired) electrons. The van der Waals surface area contributed by atoms with Gasteiger partial charge in [-0.2, -0.15) is 4.52 Å². The van der Waals surface area contributed by atoms with Gasteiger partial charge in [-0.15, -0.1) is 5.10 Å². The van der Waals surface area contributed by atoms with Crippen molar-refractivity contribution in [1.82, 2.24) is 24.6 Å². The average Bonchev–Trinajstić information content (AvgIpc) is 3.15. The molecule has 4 aromatic rings. The number of nitrogens with zero attached hydrogens (tertiary/aromatic N) is 6. The minimum atomic E-state index is -0.144. The molecule has 1 aliphatic rings. The molecule has 0 bridgehead atoms. The lowest BCUT2D eigenvalue weighted by Crippen LogP contribution is -2.42. The van der Waals surface area contributed by atoms with Gasteiger partial charge in [-0.25, -0.2) is 15.0 Å². The van der Waals surface area contributed by atoms with Crippen molar-refractivity contribution in [2.75, 3.05) is 23.3 Å². The van der Waals surface area contributed by atoms with E-state index in [1.54, 1.807) is 4.52 Å². The Morgan fingerprint density at radius 1 is 1.07 bits per heavy atom. The molecule has 0 saturated carbocycles. The molecule has 5 rings (SSSR count). The number of pyridine rings is 1. The van der Waals surface area contributed by atoms with Crippen molar-refractivity contribution in [1.29, 1.82) is 0 Å². The van der Waals surface area contributed by atoms with Crippen LogP contribution in [0.4, 0.5) is 11.8 Å². The van der Waals surface area contributed by atoms with Gasteiger partial charge in [0, 0.05) is 24.2 Å². The van der Waals surface area contributed by atoms with Gasteiger partial charge in [-0.05, 0) is 51.0 Å². The molecule has 8 heteroatoms. The summed E-state index contributed by atoms with van der Waals surface area (Å²) in [5.74, 6) is 1.87. The van der Waals surface area contributed by atoms with Crippen molar-refractivity contribution in [3.63, 3.8) is 0 Å². The van der Waals surface area contributed by atoms with E-state index in [1.807, 2.05) is 56.3 Å². The second-order valence-corrected chi connectivity index (χ2v) is 7.76.